The van der Waals surface area contributed by atoms with Crippen molar-refractivity contribution in [1.82, 2.24) is 0 Å². The molecule has 0 aromatic heterocycles. The van der Waals surface area contributed by atoms with E-state index in [-0.39, 0.29) is 18.0 Å². The molecule has 0 spiro atoms. The van der Waals surface area contributed by atoms with Crippen LogP contribution in [0.1, 0.15) is 52.5 Å². The van der Waals surface area contributed by atoms with Gasteiger partial charge in [-0.15, -0.1) is 0 Å². The van der Waals surface area contributed by atoms with Crippen LogP contribution in [0.5, 0.6) is 11.5 Å². The van der Waals surface area contributed by atoms with E-state index in [1.807, 2.05) is 6.07 Å². The molecule has 0 bridgehead atoms. The van der Waals surface area contributed by atoms with Crippen LogP contribution in [0.2, 0.25) is 5.82 Å². The number of carbonyl (C=O) groups is 1. The molecule has 0 aliphatic carbocycles. The van der Waals surface area contributed by atoms with Gasteiger partial charge in [0, 0.05) is 20.1 Å². The van der Waals surface area contributed by atoms with E-state index in [2.05, 4.69) is 47.7 Å². The summed E-state index contributed by atoms with van der Waals surface area (Å²) in [6.45, 7) is 10.0. The van der Waals surface area contributed by atoms with Gasteiger partial charge < -0.3 is 18.9 Å². The highest BCUT2D eigenvalue weighted by atomic mass is 16.6. The molecule has 1 aromatic carbocycles. The Hall–Kier alpha value is -1.69. The molecule has 1 fully saturated rings. The largest absolute Gasteiger partial charge is 0.493 e. The Morgan fingerprint density at radius 2 is 1.87 bits per heavy atom. The zero-order valence-corrected chi connectivity index (χ0v) is 20.5. The third-order valence-electron chi connectivity index (χ3n) is 6.59. The first-order valence-corrected chi connectivity index (χ1v) is 11.8. The molecule has 0 saturated carbocycles. The molecular weight excluding hydrogens is 391 g/mol. The molecule has 2 rings (SSSR count). The van der Waals surface area contributed by atoms with Gasteiger partial charge in [-0.3, -0.25) is 4.79 Å². The van der Waals surface area contributed by atoms with Gasteiger partial charge in [0.15, 0.2) is 11.5 Å². The van der Waals surface area contributed by atoms with E-state index in [1.54, 1.807) is 14.2 Å². The summed E-state index contributed by atoms with van der Waals surface area (Å²) in [5, 5.41) is 0. The second kappa shape index (κ2) is 12.4. The van der Waals surface area contributed by atoms with Crippen LogP contribution >= 0.6 is 0 Å². The van der Waals surface area contributed by atoms with Crippen molar-refractivity contribution in [3.8, 4) is 11.5 Å². The van der Waals surface area contributed by atoms with Crippen LogP contribution in [0.25, 0.3) is 0 Å². The maximum atomic E-state index is 12.2. The number of rotatable bonds is 13. The average Bonchev–Trinajstić information content (AvgIpc) is 3.13. The van der Waals surface area contributed by atoms with Crippen molar-refractivity contribution in [2.45, 2.75) is 65.3 Å². The maximum absolute atomic E-state index is 12.2. The first kappa shape index (κ1) is 25.6. The molecule has 174 valence electrons. The minimum absolute atomic E-state index is 0.0154. The number of hydrogen-bond acceptors (Lipinski definition) is 5. The zero-order valence-electron chi connectivity index (χ0n) is 20.5. The van der Waals surface area contributed by atoms with Crippen LogP contribution in [0.3, 0.4) is 0 Å². The summed E-state index contributed by atoms with van der Waals surface area (Å²) in [5.74, 6) is 3.30. The lowest BCUT2D eigenvalue weighted by atomic mass is 9.70. The number of esters is 1. The Balaban J connectivity index is 2.03. The topological polar surface area (TPSA) is 54.0 Å². The van der Waals surface area contributed by atoms with E-state index < -0.39 is 0 Å². The fourth-order valence-electron chi connectivity index (χ4n) is 4.39. The standard InChI is InChI=1S/C25H41BO5/c1-16(2)19(14-21(26)23-15-20(17(3)4)25(27)31-23)12-18-8-9-22(29-6)24(13-18)30-11-7-10-28-5/h8-9,13,16-17,19-21,23H,7,10-12,14-15,26H2,1-6H3/t19-,20-,21+,23-/m0/s1. The van der Waals surface area contributed by atoms with Crippen LogP contribution in [-0.4, -0.2) is 47.4 Å². The summed E-state index contributed by atoms with van der Waals surface area (Å²) in [6, 6.07) is 6.23. The molecule has 5 nitrogen and oxygen atoms in total. The molecule has 1 aromatic rings. The predicted octanol–water partition coefficient (Wildman–Crippen LogP) is 4.32. The van der Waals surface area contributed by atoms with Crippen LogP contribution in [-0.2, 0) is 20.7 Å². The van der Waals surface area contributed by atoms with Crippen molar-refractivity contribution in [2.75, 3.05) is 27.4 Å². The fourth-order valence-corrected chi connectivity index (χ4v) is 4.39. The molecule has 4 atom stereocenters. The molecule has 6 heteroatoms. The maximum Gasteiger partial charge on any atom is 0.309 e. The number of methoxy groups -OCH3 is 2. The first-order chi connectivity index (χ1) is 14.8. The third kappa shape index (κ3) is 7.45. The number of benzene rings is 1. The second-order valence-electron chi connectivity index (χ2n) is 9.66. The molecular formula is C25H41BO5. The Morgan fingerprint density at radius 3 is 2.45 bits per heavy atom. The Kier molecular flexibility index (Phi) is 10.2. The van der Waals surface area contributed by atoms with Crippen LogP contribution < -0.4 is 9.47 Å². The van der Waals surface area contributed by atoms with Crippen molar-refractivity contribution in [2.24, 2.45) is 23.7 Å². The van der Waals surface area contributed by atoms with E-state index >= 15 is 0 Å². The number of cyclic esters (lactones) is 1. The predicted molar refractivity (Wildman–Crippen MR) is 127 cm³/mol. The fraction of sp³-hybridized carbons (Fsp3) is 0.720. The number of ether oxygens (including phenoxy) is 4. The molecule has 1 saturated heterocycles. The third-order valence-corrected chi connectivity index (χ3v) is 6.59. The molecule has 0 amide bonds. The SMILES string of the molecule is B[C@H](C[C@H](Cc1ccc(OC)c(OCCCOC)c1)C(C)C)[C@@H]1C[C@@H](C(C)C)C(=O)O1. The molecule has 0 unspecified atom stereocenters. The van der Waals surface area contributed by atoms with Crippen molar-refractivity contribution in [1.29, 1.82) is 0 Å². The summed E-state index contributed by atoms with van der Waals surface area (Å²) in [5.41, 5.74) is 1.25. The Morgan fingerprint density at radius 1 is 1.13 bits per heavy atom. The summed E-state index contributed by atoms with van der Waals surface area (Å²) in [7, 11) is 5.60. The van der Waals surface area contributed by atoms with Gasteiger partial charge in [-0.25, -0.2) is 0 Å². The molecule has 1 aliphatic heterocycles. The zero-order chi connectivity index (χ0) is 23.0. The lowest BCUT2D eigenvalue weighted by Gasteiger charge is -2.27. The van der Waals surface area contributed by atoms with Gasteiger partial charge in [-0.1, -0.05) is 40.2 Å². The van der Waals surface area contributed by atoms with Gasteiger partial charge in [0.25, 0.3) is 0 Å². The van der Waals surface area contributed by atoms with Gasteiger partial charge in [0.05, 0.1) is 25.7 Å². The summed E-state index contributed by atoms with van der Waals surface area (Å²) in [6.07, 6.45) is 3.74. The monoisotopic (exact) mass is 432 g/mol. The van der Waals surface area contributed by atoms with Crippen LogP contribution in [0, 0.1) is 23.7 Å². The van der Waals surface area contributed by atoms with E-state index in [1.165, 1.54) is 5.56 Å². The average molecular weight is 432 g/mol. The summed E-state index contributed by atoms with van der Waals surface area (Å²) < 4.78 is 22.3. The number of hydrogen-bond donors (Lipinski definition) is 0. The molecule has 1 heterocycles. The van der Waals surface area contributed by atoms with Gasteiger partial charge in [-0.05, 0) is 54.1 Å². The molecule has 0 N–H and O–H groups in total. The Labute approximate surface area is 189 Å². The summed E-state index contributed by atoms with van der Waals surface area (Å²) >= 11 is 0. The number of carbonyl (C=O) groups excluding carboxylic acids is 1. The van der Waals surface area contributed by atoms with E-state index in [0.717, 1.165) is 37.2 Å². The molecule has 0 radical (unpaired) electrons. The minimum atomic E-state index is -0.0154. The van der Waals surface area contributed by atoms with E-state index in [0.29, 0.717) is 36.8 Å². The van der Waals surface area contributed by atoms with Gasteiger partial charge in [0.2, 0.25) is 0 Å². The van der Waals surface area contributed by atoms with Crippen LogP contribution in [0.15, 0.2) is 18.2 Å². The highest BCUT2D eigenvalue weighted by Crippen LogP contribution is 2.38. The minimum Gasteiger partial charge on any atom is -0.493 e. The van der Waals surface area contributed by atoms with Gasteiger partial charge >= 0.3 is 5.97 Å². The second-order valence-corrected chi connectivity index (χ2v) is 9.66. The Bertz CT molecular complexity index is 690. The summed E-state index contributed by atoms with van der Waals surface area (Å²) in [4.78, 5) is 12.2. The van der Waals surface area contributed by atoms with E-state index in [4.69, 9.17) is 18.9 Å². The lowest BCUT2D eigenvalue weighted by Crippen LogP contribution is -2.22. The van der Waals surface area contributed by atoms with Crippen LogP contribution in [0.4, 0.5) is 0 Å². The normalized spacial score (nSPS) is 20.7. The molecule has 31 heavy (non-hydrogen) atoms. The van der Waals surface area contributed by atoms with Crippen molar-refractivity contribution in [3.63, 3.8) is 0 Å². The van der Waals surface area contributed by atoms with Crippen molar-refractivity contribution >= 4 is 13.8 Å². The van der Waals surface area contributed by atoms with Crippen molar-refractivity contribution in [3.05, 3.63) is 23.8 Å². The molecule has 1 aliphatic rings. The highest BCUT2D eigenvalue weighted by molar-refractivity contribution is 6.12. The highest BCUT2D eigenvalue weighted by Gasteiger charge is 2.39. The lowest BCUT2D eigenvalue weighted by molar-refractivity contribution is -0.145. The first-order valence-electron chi connectivity index (χ1n) is 11.8. The quantitative estimate of drug-likeness (QED) is 0.264. The van der Waals surface area contributed by atoms with Gasteiger partial charge in [-0.2, -0.15) is 0 Å². The van der Waals surface area contributed by atoms with Crippen molar-refractivity contribution < 1.29 is 23.7 Å². The smallest absolute Gasteiger partial charge is 0.309 e. The van der Waals surface area contributed by atoms with Gasteiger partial charge in [0.1, 0.15) is 7.85 Å². The van der Waals surface area contributed by atoms with E-state index in [9.17, 15) is 4.79 Å².